The van der Waals surface area contributed by atoms with Gasteiger partial charge in [-0.3, -0.25) is 9.59 Å². The molecule has 0 bridgehead atoms. The average molecular weight is 329 g/mol. The van der Waals surface area contributed by atoms with Crippen molar-refractivity contribution in [1.82, 2.24) is 0 Å². The molecule has 6 nitrogen and oxygen atoms in total. The van der Waals surface area contributed by atoms with Gasteiger partial charge in [0.05, 0.1) is 0 Å². The molecule has 1 aromatic heterocycles. The van der Waals surface area contributed by atoms with E-state index in [0.29, 0.717) is 28.3 Å². The largest absolute Gasteiger partial charge is 0.466 e. The molecular formula is C18H19NO5. The van der Waals surface area contributed by atoms with E-state index in [-0.39, 0.29) is 5.78 Å². The Morgan fingerprint density at radius 2 is 1.75 bits per heavy atom. The lowest BCUT2D eigenvalue weighted by atomic mass is 10.1. The summed E-state index contributed by atoms with van der Waals surface area (Å²) in [6.45, 7) is 6.34. The van der Waals surface area contributed by atoms with E-state index < -0.39 is 18.0 Å². The van der Waals surface area contributed by atoms with Crippen molar-refractivity contribution in [3.63, 3.8) is 0 Å². The Balaban J connectivity index is 1.98. The van der Waals surface area contributed by atoms with Crippen LogP contribution in [0.3, 0.4) is 0 Å². The number of Topliss-reactive ketones (excluding diaryl/α,β-unsaturated/α-hetero) is 1. The molecule has 1 heterocycles. The number of ether oxygens (including phenoxy) is 1. The van der Waals surface area contributed by atoms with Crippen molar-refractivity contribution in [3.8, 4) is 0 Å². The molecule has 0 unspecified atom stereocenters. The lowest BCUT2D eigenvalue weighted by Gasteiger charge is -2.13. The topological polar surface area (TPSA) is 85.6 Å². The fourth-order valence-corrected chi connectivity index (χ4v) is 2.14. The molecule has 2 aromatic rings. The zero-order valence-electron chi connectivity index (χ0n) is 14.0. The molecule has 6 heteroatoms. The number of hydrogen-bond donors (Lipinski definition) is 1. The summed E-state index contributed by atoms with van der Waals surface area (Å²) in [6.07, 6.45) is -0.973. The van der Waals surface area contributed by atoms with E-state index in [0.717, 1.165) is 0 Å². The number of ketones is 1. The van der Waals surface area contributed by atoms with Crippen LogP contribution >= 0.6 is 0 Å². The predicted octanol–water partition coefficient (Wildman–Crippen LogP) is 3.28. The Labute approximate surface area is 139 Å². The number of nitrogens with one attached hydrogen (secondary N) is 1. The van der Waals surface area contributed by atoms with Crippen molar-refractivity contribution in [2.24, 2.45) is 0 Å². The van der Waals surface area contributed by atoms with E-state index in [4.69, 9.17) is 9.15 Å². The van der Waals surface area contributed by atoms with Gasteiger partial charge in [-0.05, 0) is 58.0 Å². The number of amides is 1. The van der Waals surface area contributed by atoms with Crippen LogP contribution in [0, 0.1) is 13.8 Å². The molecule has 0 aliphatic carbocycles. The van der Waals surface area contributed by atoms with Gasteiger partial charge in [-0.15, -0.1) is 0 Å². The number of rotatable bonds is 5. The summed E-state index contributed by atoms with van der Waals surface area (Å²) in [4.78, 5) is 35.4. The number of carbonyl (C=O) groups excluding carboxylic acids is 3. The summed E-state index contributed by atoms with van der Waals surface area (Å²) in [5.74, 6) is -0.0799. The van der Waals surface area contributed by atoms with Crippen molar-refractivity contribution in [3.05, 3.63) is 53.0 Å². The molecule has 1 amide bonds. The van der Waals surface area contributed by atoms with Crippen LogP contribution in [-0.4, -0.2) is 23.8 Å². The van der Waals surface area contributed by atoms with Gasteiger partial charge in [-0.2, -0.15) is 0 Å². The summed E-state index contributed by atoms with van der Waals surface area (Å²) in [5.41, 5.74) is 1.37. The van der Waals surface area contributed by atoms with Crippen LogP contribution in [0.1, 0.15) is 46.1 Å². The van der Waals surface area contributed by atoms with Gasteiger partial charge in [0, 0.05) is 11.3 Å². The van der Waals surface area contributed by atoms with Gasteiger partial charge in [0.25, 0.3) is 5.91 Å². The van der Waals surface area contributed by atoms with Crippen LogP contribution < -0.4 is 5.32 Å². The van der Waals surface area contributed by atoms with Gasteiger partial charge in [-0.1, -0.05) is 0 Å². The van der Waals surface area contributed by atoms with Crippen LogP contribution in [0.5, 0.6) is 0 Å². The Morgan fingerprint density at radius 1 is 1.12 bits per heavy atom. The molecular weight excluding hydrogens is 310 g/mol. The van der Waals surface area contributed by atoms with Crippen molar-refractivity contribution < 1.29 is 23.5 Å². The number of aryl methyl sites for hydroxylation is 2. The highest BCUT2D eigenvalue weighted by Crippen LogP contribution is 2.16. The molecule has 126 valence electrons. The standard InChI is InChI=1S/C18H19NO5/c1-10-9-16(12(3)23-10)18(22)24-13(4)17(21)19-15-7-5-14(6-8-15)11(2)20/h5-9,13H,1-4H3,(H,19,21)/t13-/m0/s1. The quantitative estimate of drug-likeness (QED) is 0.672. The van der Waals surface area contributed by atoms with Crippen LogP contribution in [0.2, 0.25) is 0 Å². The molecule has 0 spiro atoms. The minimum Gasteiger partial charge on any atom is -0.466 e. The summed E-state index contributed by atoms with van der Waals surface area (Å²) in [5, 5.41) is 2.63. The Bertz CT molecular complexity index is 773. The first kappa shape index (κ1) is 17.5. The molecule has 2 rings (SSSR count). The molecule has 1 aromatic carbocycles. The second kappa shape index (κ2) is 7.12. The summed E-state index contributed by atoms with van der Waals surface area (Å²) in [7, 11) is 0. The van der Waals surface area contributed by atoms with Crippen molar-refractivity contribution in [2.45, 2.75) is 33.8 Å². The maximum atomic E-state index is 12.1. The fraction of sp³-hybridized carbons (Fsp3) is 0.278. The van der Waals surface area contributed by atoms with Crippen molar-refractivity contribution in [1.29, 1.82) is 0 Å². The first-order chi connectivity index (χ1) is 11.3. The Kier molecular flexibility index (Phi) is 5.18. The molecule has 1 N–H and O–H groups in total. The zero-order chi connectivity index (χ0) is 17.9. The van der Waals surface area contributed by atoms with Gasteiger partial charge >= 0.3 is 5.97 Å². The lowest BCUT2D eigenvalue weighted by molar-refractivity contribution is -0.123. The maximum absolute atomic E-state index is 12.1. The van der Waals surface area contributed by atoms with Gasteiger partial charge in [-0.25, -0.2) is 4.79 Å². The van der Waals surface area contributed by atoms with Crippen LogP contribution in [-0.2, 0) is 9.53 Å². The van der Waals surface area contributed by atoms with Crippen LogP contribution in [0.25, 0.3) is 0 Å². The molecule has 24 heavy (non-hydrogen) atoms. The normalized spacial score (nSPS) is 11.7. The minimum atomic E-state index is -0.973. The lowest BCUT2D eigenvalue weighted by Crippen LogP contribution is -2.30. The smallest absolute Gasteiger partial charge is 0.342 e. The Morgan fingerprint density at radius 3 is 2.25 bits per heavy atom. The molecule has 0 aliphatic heterocycles. The number of furan rings is 1. The predicted molar refractivity (Wildman–Crippen MR) is 88.1 cm³/mol. The van der Waals surface area contributed by atoms with Crippen LogP contribution in [0.4, 0.5) is 5.69 Å². The number of benzene rings is 1. The maximum Gasteiger partial charge on any atom is 0.342 e. The first-order valence-corrected chi connectivity index (χ1v) is 7.48. The molecule has 0 saturated heterocycles. The number of esters is 1. The second-order valence-corrected chi connectivity index (χ2v) is 5.50. The fourth-order valence-electron chi connectivity index (χ4n) is 2.14. The SMILES string of the molecule is CC(=O)c1ccc(NC(=O)[C@H](C)OC(=O)c2cc(C)oc2C)cc1. The van der Waals surface area contributed by atoms with Gasteiger partial charge in [0.15, 0.2) is 11.9 Å². The zero-order valence-corrected chi connectivity index (χ0v) is 14.0. The summed E-state index contributed by atoms with van der Waals surface area (Å²) in [6, 6.07) is 8.04. The Hall–Kier alpha value is -2.89. The third-order valence-electron chi connectivity index (χ3n) is 3.47. The molecule has 0 aliphatic rings. The number of hydrogen-bond acceptors (Lipinski definition) is 5. The van der Waals surface area contributed by atoms with Gasteiger partial charge in [0.1, 0.15) is 17.1 Å². The monoisotopic (exact) mass is 329 g/mol. The van der Waals surface area contributed by atoms with E-state index in [1.807, 2.05) is 0 Å². The molecule has 0 radical (unpaired) electrons. The van der Waals surface area contributed by atoms with Gasteiger partial charge < -0.3 is 14.5 Å². The van der Waals surface area contributed by atoms with Crippen molar-refractivity contribution in [2.75, 3.05) is 5.32 Å². The second-order valence-electron chi connectivity index (χ2n) is 5.50. The average Bonchev–Trinajstić information content (AvgIpc) is 2.86. The highest BCUT2D eigenvalue weighted by atomic mass is 16.5. The van der Waals surface area contributed by atoms with Crippen LogP contribution in [0.15, 0.2) is 34.7 Å². The molecule has 0 fully saturated rings. The third kappa shape index (κ3) is 4.10. The highest BCUT2D eigenvalue weighted by molar-refractivity contribution is 5.98. The number of carbonyl (C=O) groups is 3. The van der Waals surface area contributed by atoms with E-state index in [9.17, 15) is 14.4 Å². The van der Waals surface area contributed by atoms with E-state index in [1.54, 1.807) is 44.2 Å². The summed E-state index contributed by atoms with van der Waals surface area (Å²) < 4.78 is 10.4. The molecule has 1 atom stereocenters. The number of anilines is 1. The summed E-state index contributed by atoms with van der Waals surface area (Å²) >= 11 is 0. The third-order valence-corrected chi connectivity index (χ3v) is 3.47. The van der Waals surface area contributed by atoms with Crippen molar-refractivity contribution >= 4 is 23.3 Å². The first-order valence-electron chi connectivity index (χ1n) is 7.48. The highest BCUT2D eigenvalue weighted by Gasteiger charge is 2.22. The molecule has 0 saturated carbocycles. The van der Waals surface area contributed by atoms with Gasteiger partial charge in [0.2, 0.25) is 0 Å². The van der Waals surface area contributed by atoms with E-state index in [1.165, 1.54) is 13.8 Å². The minimum absolute atomic E-state index is 0.0547. The van der Waals surface area contributed by atoms with E-state index in [2.05, 4.69) is 5.32 Å². The van der Waals surface area contributed by atoms with E-state index >= 15 is 0 Å².